The molecule has 0 bridgehead atoms. The number of amides is 1. The summed E-state index contributed by atoms with van der Waals surface area (Å²) in [6.45, 7) is 8.70. The van der Waals surface area contributed by atoms with E-state index in [0.29, 0.717) is 18.7 Å². The van der Waals surface area contributed by atoms with Crippen molar-refractivity contribution in [1.29, 1.82) is 0 Å². The SMILES string of the molecule is Cc1cc(C(=O)N2CCOCC2C(=O)O)c(C)n1C(C)C. The molecule has 0 aliphatic carbocycles. The minimum atomic E-state index is -1.03. The lowest BCUT2D eigenvalue weighted by Gasteiger charge is -2.32. The molecule has 0 aromatic carbocycles. The zero-order chi connectivity index (χ0) is 15.7. The second-order valence-electron chi connectivity index (χ2n) is 5.68. The minimum absolute atomic E-state index is 0.0456. The van der Waals surface area contributed by atoms with Crippen LogP contribution in [-0.4, -0.2) is 52.3 Å². The van der Waals surface area contributed by atoms with Gasteiger partial charge in [-0.15, -0.1) is 0 Å². The molecule has 6 nitrogen and oxygen atoms in total. The van der Waals surface area contributed by atoms with E-state index < -0.39 is 12.0 Å². The number of nitrogens with zero attached hydrogens (tertiary/aromatic N) is 2. The number of aryl methyl sites for hydroxylation is 1. The fourth-order valence-electron chi connectivity index (χ4n) is 2.99. The molecular weight excluding hydrogens is 272 g/mol. The topological polar surface area (TPSA) is 71.8 Å². The number of morpholine rings is 1. The Morgan fingerprint density at radius 2 is 2.05 bits per heavy atom. The Labute approximate surface area is 124 Å². The number of rotatable bonds is 3. The van der Waals surface area contributed by atoms with Crippen molar-refractivity contribution in [1.82, 2.24) is 9.47 Å². The molecule has 0 saturated carbocycles. The summed E-state index contributed by atoms with van der Waals surface area (Å²) in [6.07, 6.45) is 0. The van der Waals surface area contributed by atoms with Gasteiger partial charge < -0.3 is 19.3 Å². The van der Waals surface area contributed by atoms with Gasteiger partial charge in [0.2, 0.25) is 0 Å². The van der Waals surface area contributed by atoms with Crippen LogP contribution < -0.4 is 0 Å². The fourth-order valence-corrected chi connectivity index (χ4v) is 2.99. The molecule has 6 heteroatoms. The number of carboxylic acids is 1. The molecule has 1 aliphatic rings. The maximum absolute atomic E-state index is 12.7. The van der Waals surface area contributed by atoms with Crippen molar-refractivity contribution in [3.63, 3.8) is 0 Å². The number of hydrogen-bond acceptors (Lipinski definition) is 3. The molecule has 116 valence electrons. The van der Waals surface area contributed by atoms with Gasteiger partial charge in [0.25, 0.3) is 5.91 Å². The molecule has 0 spiro atoms. The first-order chi connectivity index (χ1) is 9.84. The molecule has 2 heterocycles. The summed E-state index contributed by atoms with van der Waals surface area (Å²) >= 11 is 0. The highest BCUT2D eigenvalue weighted by Gasteiger charge is 2.34. The van der Waals surface area contributed by atoms with E-state index in [1.54, 1.807) is 0 Å². The van der Waals surface area contributed by atoms with E-state index in [1.807, 2.05) is 19.9 Å². The van der Waals surface area contributed by atoms with Crippen molar-refractivity contribution in [2.75, 3.05) is 19.8 Å². The third kappa shape index (κ3) is 2.81. The normalized spacial score (nSPS) is 19.1. The molecule has 1 unspecified atom stereocenters. The van der Waals surface area contributed by atoms with E-state index in [4.69, 9.17) is 4.74 Å². The average molecular weight is 294 g/mol. The van der Waals surface area contributed by atoms with Crippen LogP contribution in [0.1, 0.15) is 41.6 Å². The highest BCUT2D eigenvalue weighted by molar-refractivity contribution is 5.98. The van der Waals surface area contributed by atoms with Crippen molar-refractivity contribution < 1.29 is 19.4 Å². The molecule has 2 rings (SSSR count). The number of carbonyl (C=O) groups is 2. The van der Waals surface area contributed by atoms with Crippen molar-refractivity contribution in [3.05, 3.63) is 23.0 Å². The monoisotopic (exact) mass is 294 g/mol. The molecular formula is C15H22N2O4. The molecule has 1 aromatic heterocycles. The zero-order valence-corrected chi connectivity index (χ0v) is 12.9. The minimum Gasteiger partial charge on any atom is -0.480 e. The largest absolute Gasteiger partial charge is 0.480 e. The zero-order valence-electron chi connectivity index (χ0n) is 12.9. The van der Waals surface area contributed by atoms with Crippen molar-refractivity contribution >= 4 is 11.9 Å². The maximum Gasteiger partial charge on any atom is 0.328 e. The third-order valence-electron chi connectivity index (χ3n) is 3.91. The lowest BCUT2D eigenvalue weighted by Crippen LogP contribution is -2.52. The molecule has 21 heavy (non-hydrogen) atoms. The number of carboxylic acid groups (broad SMARTS) is 1. The Kier molecular flexibility index (Phi) is 4.37. The van der Waals surface area contributed by atoms with E-state index in [0.717, 1.165) is 11.4 Å². The summed E-state index contributed by atoms with van der Waals surface area (Å²) in [5.74, 6) is -1.26. The van der Waals surface area contributed by atoms with Crippen LogP contribution in [0.3, 0.4) is 0 Å². The quantitative estimate of drug-likeness (QED) is 0.919. The molecule has 1 aromatic rings. The average Bonchev–Trinajstić information content (AvgIpc) is 2.73. The van der Waals surface area contributed by atoms with Gasteiger partial charge in [0.15, 0.2) is 6.04 Å². The van der Waals surface area contributed by atoms with Crippen LogP contribution in [0, 0.1) is 13.8 Å². The number of aromatic nitrogens is 1. The van der Waals surface area contributed by atoms with Gasteiger partial charge >= 0.3 is 5.97 Å². The van der Waals surface area contributed by atoms with E-state index in [9.17, 15) is 14.7 Å². The first-order valence-electron chi connectivity index (χ1n) is 7.14. The van der Waals surface area contributed by atoms with Gasteiger partial charge in [0.05, 0.1) is 18.8 Å². The first-order valence-corrected chi connectivity index (χ1v) is 7.14. The highest BCUT2D eigenvalue weighted by Crippen LogP contribution is 2.23. The molecule has 1 N–H and O–H groups in total. The Morgan fingerprint density at radius 1 is 1.38 bits per heavy atom. The lowest BCUT2D eigenvalue weighted by molar-refractivity contribution is -0.147. The van der Waals surface area contributed by atoms with Crippen LogP contribution in [0.25, 0.3) is 0 Å². The summed E-state index contributed by atoms with van der Waals surface area (Å²) in [6, 6.07) is 1.19. The van der Waals surface area contributed by atoms with Crippen LogP contribution in [0.4, 0.5) is 0 Å². The van der Waals surface area contributed by atoms with Crippen LogP contribution in [0.5, 0.6) is 0 Å². The summed E-state index contributed by atoms with van der Waals surface area (Å²) < 4.78 is 7.26. The van der Waals surface area contributed by atoms with Crippen LogP contribution in [-0.2, 0) is 9.53 Å². The third-order valence-corrected chi connectivity index (χ3v) is 3.91. The Morgan fingerprint density at radius 3 is 2.57 bits per heavy atom. The maximum atomic E-state index is 12.7. The number of carbonyl (C=O) groups excluding carboxylic acids is 1. The smallest absolute Gasteiger partial charge is 0.328 e. The van der Waals surface area contributed by atoms with Gasteiger partial charge in [-0.3, -0.25) is 4.79 Å². The van der Waals surface area contributed by atoms with Gasteiger partial charge in [0.1, 0.15) is 0 Å². The molecule has 1 saturated heterocycles. The summed E-state index contributed by atoms with van der Waals surface area (Å²) in [4.78, 5) is 25.4. The molecule has 1 amide bonds. The van der Waals surface area contributed by atoms with Crippen LogP contribution >= 0.6 is 0 Å². The Balaban J connectivity index is 2.35. The van der Waals surface area contributed by atoms with Gasteiger partial charge in [-0.05, 0) is 33.8 Å². The Hall–Kier alpha value is -1.82. The first kappa shape index (κ1) is 15.6. The summed E-state index contributed by atoms with van der Waals surface area (Å²) in [5, 5.41) is 9.24. The molecule has 1 atom stereocenters. The molecule has 1 fully saturated rings. The second kappa shape index (κ2) is 5.89. The second-order valence-corrected chi connectivity index (χ2v) is 5.68. The Bertz CT molecular complexity index is 562. The predicted molar refractivity (Wildman–Crippen MR) is 77.6 cm³/mol. The predicted octanol–water partition coefficient (Wildman–Crippen LogP) is 1.61. The van der Waals surface area contributed by atoms with Gasteiger partial charge in [-0.1, -0.05) is 0 Å². The highest BCUT2D eigenvalue weighted by atomic mass is 16.5. The standard InChI is InChI=1S/C15H22N2O4/c1-9(2)17-10(3)7-12(11(17)4)14(18)16-5-6-21-8-13(16)15(19)20/h7,9,13H,5-6,8H2,1-4H3,(H,19,20). The van der Waals surface area contributed by atoms with Crippen molar-refractivity contribution in [3.8, 4) is 0 Å². The number of ether oxygens (including phenoxy) is 1. The molecule has 0 radical (unpaired) electrons. The van der Waals surface area contributed by atoms with Gasteiger partial charge in [-0.25, -0.2) is 4.79 Å². The number of aliphatic carboxylic acids is 1. The van der Waals surface area contributed by atoms with E-state index in [1.165, 1.54) is 4.90 Å². The van der Waals surface area contributed by atoms with E-state index >= 15 is 0 Å². The summed E-state index contributed by atoms with van der Waals surface area (Å²) in [5.41, 5.74) is 2.46. The lowest BCUT2D eigenvalue weighted by atomic mass is 10.1. The van der Waals surface area contributed by atoms with Gasteiger partial charge in [-0.2, -0.15) is 0 Å². The fraction of sp³-hybridized carbons (Fsp3) is 0.600. The van der Waals surface area contributed by atoms with Gasteiger partial charge in [0, 0.05) is 24.0 Å². The number of hydrogen-bond donors (Lipinski definition) is 1. The van der Waals surface area contributed by atoms with Crippen molar-refractivity contribution in [2.24, 2.45) is 0 Å². The van der Waals surface area contributed by atoms with E-state index in [-0.39, 0.29) is 18.6 Å². The van der Waals surface area contributed by atoms with Crippen LogP contribution in [0.2, 0.25) is 0 Å². The molecule has 1 aliphatic heterocycles. The van der Waals surface area contributed by atoms with E-state index in [2.05, 4.69) is 18.4 Å². The van der Waals surface area contributed by atoms with Crippen molar-refractivity contribution in [2.45, 2.75) is 39.8 Å². The summed E-state index contributed by atoms with van der Waals surface area (Å²) in [7, 11) is 0. The van der Waals surface area contributed by atoms with Crippen LogP contribution in [0.15, 0.2) is 6.07 Å².